The number of halogens is 2. The Labute approximate surface area is 241 Å². The molecule has 1 aliphatic carbocycles. The molecule has 1 aromatic heterocycles. The highest BCUT2D eigenvalue weighted by Crippen LogP contribution is 2.38. The number of aryl methyl sites for hydroxylation is 1. The quantitative estimate of drug-likeness (QED) is 0.160. The predicted molar refractivity (Wildman–Crippen MR) is 156 cm³/mol. The lowest BCUT2D eigenvalue weighted by atomic mass is 9.96. The van der Waals surface area contributed by atoms with Crippen molar-refractivity contribution in [3.63, 3.8) is 0 Å². The van der Waals surface area contributed by atoms with Gasteiger partial charge in [0.2, 0.25) is 0 Å². The van der Waals surface area contributed by atoms with Crippen LogP contribution >= 0.6 is 34.5 Å². The number of thiophene rings is 1. The molecule has 6 nitrogen and oxygen atoms in total. The SMILES string of the molecule is C=CCc1cc(/C=C(\C#N)C(=O)Nc2sc3c(c2C#N)CCCC3)cc(OC)c1OCc1ccc(Cl)c(Cl)c1. The van der Waals surface area contributed by atoms with E-state index in [4.69, 9.17) is 32.7 Å². The topological polar surface area (TPSA) is 95.1 Å². The van der Waals surface area contributed by atoms with Gasteiger partial charge >= 0.3 is 0 Å². The van der Waals surface area contributed by atoms with Gasteiger partial charge in [0.15, 0.2) is 11.5 Å². The number of nitrogens with zero attached hydrogens (tertiary/aromatic N) is 2. The van der Waals surface area contributed by atoms with Crippen LogP contribution in [0.25, 0.3) is 6.08 Å². The summed E-state index contributed by atoms with van der Waals surface area (Å²) in [5.74, 6) is 0.388. The monoisotopic (exact) mass is 577 g/mol. The number of carbonyl (C=O) groups excluding carboxylic acids is 1. The molecule has 2 aromatic carbocycles. The molecule has 9 heteroatoms. The molecule has 1 amide bonds. The molecule has 0 radical (unpaired) electrons. The highest BCUT2D eigenvalue weighted by molar-refractivity contribution is 7.16. The molecule has 0 bridgehead atoms. The van der Waals surface area contributed by atoms with Crippen molar-refractivity contribution in [3.8, 4) is 23.6 Å². The summed E-state index contributed by atoms with van der Waals surface area (Å²) in [6.45, 7) is 4.06. The van der Waals surface area contributed by atoms with Crippen LogP contribution < -0.4 is 14.8 Å². The summed E-state index contributed by atoms with van der Waals surface area (Å²) in [6, 6.07) is 13.0. The molecular weight excluding hydrogens is 553 g/mol. The predicted octanol–water partition coefficient (Wildman–Crippen LogP) is 7.67. The van der Waals surface area contributed by atoms with Gasteiger partial charge < -0.3 is 14.8 Å². The van der Waals surface area contributed by atoms with Gasteiger partial charge in [0.05, 0.1) is 22.7 Å². The van der Waals surface area contributed by atoms with E-state index in [1.807, 2.05) is 18.2 Å². The van der Waals surface area contributed by atoms with Gasteiger partial charge in [0, 0.05) is 10.4 Å². The fourth-order valence-electron chi connectivity index (χ4n) is 4.43. The standard InChI is InChI=1S/C30H25Cl2N3O3S/c1-3-6-20-11-19(14-26(37-2)28(20)38-17-18-9-10-24(31)25(32)13-18)12-21(15-33)29(36)35-30-23(16-34)22-7-4-5-8-27(22)39-30/h3,9-14H,1,4-8,17H2,2H3,(H,35,36)/b21-12+. The van der Waals surface area contributed by atoms with E-state index in [9.17, 15) is 15.3 Å². The van der Waals surface area contributed by atoms with Crippen molar-refractivity contribution in [3.05, 3.63) is 91.3 Å². The van der Waals surface area contributed by atoms with Gasteiger partial charge in [-0.25, -0.2) is 0 Å². The summed E-state index contributed by atoms with van der Waals surface area (Å²) in [4.78, 5) is 14.2. The zero-order chi connectivity index (χ0) is 27.9. The summed E-state index contributed by atoms with van der Waals surface area (Å²) >= 11 is 13.6. The fourth-order valence-corrected chi connectivity index (χ4v) is 5.99. The Hall–Kier alpha value is -3.75. The average molecular weight is 579 g/mol. The molecule has 0 saturated heterocycles. The number of methoxy groups -OCH3 is 1. The van der Waals surface area contributed by atoms with Crippen molar-refractivity contribution in [1.82, 2.24) is 0 Å². The molecule has 0 atom stereocenters. The van der Waals surface area contributed by atoms with Gasteiger partial charge in [-0.3, -0.25) is 4.79 Å². The number of ether oxygens (including phenoxy) is 2. The smallest absolute Gasteiger partial charge is 0.266 e. The number of amides is 1. The van der Waals surface area contributed by atoms with Crippen LogP contribution in [-0.4, -0.2) is 13.0 Å². The van der Waals surface area contributed by atoms with E-state index in [0.717, 1.165) is 47.3 Å². The van der Waals surface area contributed by atoms with Crippen molar-refractivity contribution < 1.29 is 14.3 Å². The summed E-state index contributed by atoms with van der Waals surface area (Å²) in [7, 11) is 1.52. The molecule has 4 rings (SSSR count). The minimum Gasteiger partial charge on any atom is -0.493 e. The highest BCUT2D eigenvalue weighted by Gasteiger charge is 2.23. The maximum atomic E-state index is 13.1. The van der Waals surface area contributed by atoms with Crippen molar-refractivity contribution in [2.45, 2.75) is 38.7 Å². The molecular formula is C30H25Cl2N3O3S. The Morgan fingerprint density at radius 2 is 1.97 bits per heavy atom. The van der Waals surface area contributed by atoms with Crippen molar-refractivity contribution in [1.29, 1.82) is 10.5 Å². The number of carbonyl (C=O) groups is 1. The van der Waals surface area contributed by atoms with Crippen LogP contribution in [0.1, 0.15) is 45.5 Å². The molecule has 1 N–H and O–H groups in total. The summed E-state index contributed by atoms with van der Waals surface area (Å²) in [6.07, 6.45) is 7.51. The summed E-state index contributed by atoms with van der Waals surface area (Å²) in [5, 5.41) is 23.7. The molecule has 39 heavy (non-hydrogen) atoms. The van der Waals surface area contributed by atoms with Crippen LogP contribution in [-0.2, 0) is 30.7 Å². The average Bonchev–Trinajstić information content (AvgIpc) is 3.29. The number of rotatable bonds is 9. The Morgan fingerprint density at radius 1 is 1.18 bits per heavy atom. The molecule has 0 unspecified atom stereocenters. The molecule has 0 spiro atoms. The van der Waals surface area contributed by atoms with Gasteiger partial charge in [0.1, 0.15) is 29.3 Å². The van der Waals surface area contributed by atoms with E-state index in [1.54, 1.807) is 24.3 Å². The van der Waals surface area contributed by atoms with E-state index in [-0.39, 0.29) is 12.2 Å². The lowest BCUT2D eigenvalue weighted by molar-refractivity contribution is -0.112. The Kier molecular flexibility index (Phi) is 9.32. The summed E-state index contributed by atoms with van der Waals surface area (Å²) < 4.78 is 11.7. The second kappa shape index (κ2) is 12.9. The number of fused-ring (bicyclic) bond motifs is 1. The van der Waals surface area contributed by atoms with Crippen LogP contribution in [0.5, 0.6) is 11.5 Å². The van der Waals surface area contributed by atoms with Gasteiger partial charge in [-0.2, -0.15) is 10.5 Å². The first-order valence-electron chi connectivity index (χ1n) is 12.2. The van der Waals surface area contributed by atoms with Gasteiger partial charge in [-0.1, -0.05) is 35.3 Å². The Bertz CT molecular complexity index is 1550. The fraction of sp³-hybridized carbons (Fsp3) is 0.233. The molecule has 1 heterocycles. The number of benzene rings is 2. The van der Waals surface area contributed by atoms with Crippen LogP contribution in [0.3, 0.4) is 0 Å². The van der Waals surface area contributed by atoms with Gasteiger partial charge in [-0.15, -0.1) is 17.9 Å². The summed E-state index contributed by atoms with van der Waals surface area (Å²) in [5.41, 5.74) is 3.60. The Balaban J connectivity index is 1.61. The largest absolute Gasteiger partial charge is 0.493 e. The van der Waals surface area contributed by atoms with Crippen molar-refractivity contribution in [2.75, 3.05) is 12.4 Å². The first-order chi connectivity index (χ1) is 18.9. The van der Waals surface area contributed by atoms with Crippen molar-refractivity contribution in [2.24, 2.45) is 0 Å². The van der Waals surface area contributed by atoms with Crippen LogP contribution in [0, 0.1) is 22.7 Å². The van der Waals surface area contributed by atoms with Crippen LogP contribution in [0.2, 0.25) is 10.0 Å². The lowest BCUT2D eigenvalue weighted by Crippen LogP contribution is -2.13. The minimum atomic E-state index is -0.572. The van der Waals surface area contributed by atoms with Crippen molar-refractivity contribution >= 4 is 51.5 Å². The maximum absolute atomic E-state index is 13.1. The van der Waals surface area contributed by atoms with Gasteiger partial charge in [0.25, 0.3) is 5.91 Å². The molecule has 3 aromatic rings. The van der Waals surface area contributed by atoms with Crippen LogP contribution in [0.15, 0.2) is 48.6 Å². The zero-order valence-corrected chi connectivity index (χ0v) is 23.6. The maximum Gasteiger partial charge on any atom is 0.266 e. The number of nitriles is 2. The second-order valence-corrected chi connectivity index (χ2v) is 10.8. The Morgan fingerprint density at radius 3 is 2.67 bits per heavy atom. The number of hydrogen-bond acceptors (Lipinski definition) is 6. The first kappa shape index (κ1) is 28.3. The minimum absolute atomic E-state index is 0.0960. The van der Waals surface area contributed by atoms with E-state index in [0.29, 0.717) is 44.1 Å². The first-order valence-corrected chi connectivity index (χ1v) is 13.8. The number of hydrogen-bond donors (Lipinski definition) is 1. The number of allylic oxidation sites excluding steroid dienone is 1. The molecule has 0 fully saturated rings. The lowest BCUT2D eigenvalue weighted by Gasteiger charge is -2.16. The normalized spacial score (nSPS) is 12.6. The van der Waals surface area contributed by atoms with Crippen LogP contribution in [0.4, 0.5) is 5.00 Å². The second-order valence-electron chi connectivity index (χ2n) is 8.89. The highest BCUT2D eigenvalue weighted by atomic mass is 35.5. The zero-order valence-electron chi connectivity index (χ0n) is 21.3. The number of anilines is 1. The van der Waals surface area contributed by atoms with E-state index < -0.39 is 5.91 Å². The molecule has 1 aliphatic rings. The third-order valence-corrected chi connectivity index (χ3v) is 8.24. The molecule has 0 aliphatic heterocycles. The molecule has 0 saturated carbocycles. The molecule has 198 valence electrons. The van der Waals surface area contributed by atoms with E-state index >= 15 is 0 Å². The third-order valence-electron chi connectivity index (χ3n) is 6.29. The van der Waals surface area contributed by atoms with E-state index in [1.165, 1.54) is 24.5 Å². The van der Waals surface area contributed by atoms with Gasteiger partial charge in [-0.05, 0) is 79.1 Å². The third kappa shape index (κ3) is 6.46. The number of nitrogens with one attached hydrogen (secondary N) is 1. The van der Waals surface area contributed by atoms with E-state index in [2.05, 4.69) is 18.0 Å².